The van der Waals surface area contributed by atoms with Crippen LogP contribution in [0.15, 0.2) is 0 Å². The zero-order valence-corrected chi connectivity index (χ0v) is 10.2. The van der Waals surface area contributed by atoms with Crippen molar-refractivity contribution >= 4 is 11.9 Å². The first-order chi connectivity index (χ1) is 7.96. The van der Waals surface area contributed by atoms with Crippen LogP contribution in [0.5, 0.6) is 0 Å². The number of carboxylic acids is 1. The van der Waals surface area contributed by atoms with Gasteiger partial charge in [0.05, 0.1) is 17.5 Å². The molecular formula is C12H20N2O3. The average Bonchev–Trinajstić information content (AvgIpc) is 2.62. The van der Waals surface area contributed by atoms with Crippen molar-refractivity contribution in [3.8, 4) is 0 Å². The Morgan fingerprint density at radius 3 is 2.41 bits per heavy atom. The molecule has 0 aromatic rings. The Bertz CT molecular complexity index is 331. The van der Waals surface area contributed by atoms with E-state index >= 15 is 0 Å². The minimum absolute atomic E-state index is 0.0365. The number of aliphatic carboxylic acids is 1. The van der Waals surface area contributed by atoms with E-state index in [9.17, 15) is 9.59 Å². The Morgan fingerprint density at radius 1 is 1.29 bits per heavy atom. The Kier molecular flexibility index (Phi) is 3.12. The predicted molar refractivity (Wildman–Crippen MR) is 62.6 cm³/mol. The molecule has 2 fully saturated rings. The molecule has 5 nitrogen and oxygen atoms in total. The number of hydrogen-bond donors (Lipinski definition) is 3. The molecule has 1 aliphatic carbocycles. The van der Waals surface area contributed by atoms with Gasteiger partial charge in [0.1, 0.15) is 0 Å². The zero-order chi connectivity index (χ0) is 12.5. The molecule has 3 N–H and O–H groups in total. The Hall–Kier alpha value is -1.10. The number of carbonyl (C=O) groups excluding carboxylic acids is 1. The van der Waals surface area contributed by atoms with Crippen molar-refractivity contribution in [1.29, 1.82) is 0 Å². The molecule has 1 heterocycles. The first-order valence-corrected chi connectivity index (χ1v) is 6.25. The maximum absolute atomic E-state index is 12.2. The van der Waals surface area contributed by atoms with E-state index in [1.165, 1.54) is 0 Å². The highest BCUT2D eigenvalue weighted by Gasteiger charge is 2.45. The lowest BCUT2D eigenvalue weighted by Gasteiger charge is -2.43. The summed E-state index contributed by atoms with van der Waals surface area (Å²) in [6, 6.07) is 0. The van der Waals surface area contributed by atoms with Crippen LogP contribution >= 0.6 is 0 Å². The Labute approximate surface area is 101 Å². The topological polar surface area (TPSA) is 78.4 Å². The average molecular weight is 240 g/mol. The third-order valence-corrected chi connectivity index (χ3v) is 4.05. The molecular weight excluding hydrogens is 220 g/mol. The molecule has 17 heavy (non-hydrogen) atoms. The standard InChI is InChI=1S/C12H20N2O3/c1-11(4-3-7-13-11)10(17)14-12(5-2-6-12)8-9(15)16/h13H,2-8H2,1H3,(H,14,17)(H,15,16). The molecule has 1 atom stereocenters. The molecule has 0 bridgehead atoms. The largest absolute Gasteiger partial charge is 0.481 e. The normalized spacial score (nSPS) is 30.6. The van der Waals surface area contributed by atoms with Crippen LogP contribution < -0.4 is 10.6 Å². The number of nitrogens with one attached hydrogen (secondary N) is 2. The van der Waals surface area contributed by atoms with Crippen LogP contribution in [0.25, 0.3) is 0 Å². The summed E-state index contributed by atoms with van der Waals surface area (Å²) in [4.78, 5) is 23.0. The Balaban J connectivity index is 1.99. The first-order valence-electron chi connectivity index (χ1n) is 6.25. The van der Waals surface area contributed by atoms with Crippen molar-refractivity contribution < 1.29 is 14.7 Å². The summed E-state index contributed by atoms with van der Waals surface area (Å²) < 4.78 is 0. The molecule has 96 valence electrons. The van der Waals surface area contributed by atoms with Gasteiger partial charge in [-0.3, -0.25) is 9.59 Å². The lowest BCUT2D eigenvalue weighted by Crippen LogP contribution is -2.61. The Morgan fingerprint density at radius 2 is 2.00 bits per heavy atom. The number of carboxylic acid groups (broad SMARTS) is 1. The van der Waals surface area contributed by atoms with Gasteiger partial charge in [0.15, 0.2) is 0 Å². The molecule has 1 saturated heterocycles. The van der Waals surface area contributed by atoms with Crippen molar-refractivity contribution in [3.63, 3.8) is 0 Å². The fourth-order valence-electron chi connectivity index (χ4n) is 2.71. The molecule has 2 aliphatic rings. The van der Waals surface area contributed by atoms with Crippen molar-refractivity contribution in [1.82, 2.24) is 10.6 Å². The van der Waals surface area contributed by atoms with E-state index < -0.39 is 17.0 Å². The third kappa shape index (κ3) is 2.44. The lowest BCUT2D eigenvalue weighted by molar-refractivity contribution is -0.141. The van der Waals surface area contributed by atoms with Gasteiger partial charge in [-0.15, -0.1) is 0 Å². The van der Waals surface area contributed by atoms with Crippen molar-refractivity contribution in [3.05, 3.63) is 0 Å². The molecule has 0 aromatic heterocycles. The van der Waals surface area contributed by atoms with Crippen LogP contribution in [0.1, 0.15) is 45.4 Å². The minimum Gasteiger partial charge on any atom is -0.481 e. The first kappa shape index (κ1) is 12.4. The molecule has 0 spiro atoms. The maximum atomic E-state index is 12.2. The second kappa shape index (κ2) is 4.29. The van der Waals surface area contributed by atoms with E-state index in [0.717, 1.165) is 38.6 Å². The summed E-state index contributed by atoms with van der Waals surface area (Å²) in [7, 11) is 0. The van der Waals surface area contributed by atoms with Crippen LogP contribution in [0.3, 0.4) is 0 Å². The molecule has 1 saturated carbocycles. The number of amides is 1. The van der Waals surface area contributed by atoms with E-state index in [2.05, 4.69) is 10.6 Å². The molecule has 0 aromatic carbocycles. The van der Waals surface area contributed by atoms with E-state index in [-0.39, 0.29) is 12.3 Å². The summed E-state index contributed by atoms with van der Waals surface area (Å²) in [6.07, 6.45) is 4.41. The van der Waals surface area contributed by atoms with Gasteiger partial charge >= 0.3 is 5.97 Å². The summed E-state index contributed by atoms with van der Waals surface area (Å²) in [5.41, 5.74) is -1.00. The highest BCUT2D eigenvalue weighted by Crippen LogP contribution is 2.35. The van der Waals surface area contributed by atoms with Gasteiger partial charge < -0.3 is 15.7 Å². The quantitative estimate of drug-likeness (QED) is 0.674. The second-order valence-electron chi connectivity index (χ2n) is 5.52. The van der Waals surface area contributed by atoms with E-state index in [1.807, 2.05) is 6.92 Å². The van der Waals surface area contributed by atoms with E-state index in [4.69, 9.17) is 5.11 Å². The van der Waals surface area contributed by atoms with Gasteiger partial charge in [0.2, 0.25) is 5.91 Å². The molecule has 5 heteroatoms. The summed E-state index contributed by atoms with van der Waals surface area (Å²) in [6.45, 7) is 2.75. The van der Waals surface area contributed by atoms with Crippen LogP contribution in [-0.4, -0.2) is 34.6 Å². The van der Waals surface area contributed by atoms with E-state index in [1.54, 1.807) is 0 Å². The molecule has 1 aliphatic heterocycles. The van der Waals surface area contributed by atoms with Crippen molar-refractivity contribution in [2.24, 2.45) is 0 Å². The maximum Gasteiger partial charge on any atom is 0.305 e. The number of rotatable bonds is 4. The zero-order valence-electron chi connectivity index (χ0n) is 10.2. The van der Waals surface area contributed by atoms with Crippen molar-refractivity contribution in [2.75, 3.05) is 6.54 Å². The molecule has 0 radical (unpaired) electrons. The predicted octanol–water partition coefficient (Wildman–Crippen LogP) is 0.642. The minimum atomic E-state index is -0.838. The lowest BCUT2D eigenvalue weighted by atomic mass is 9.74. The van der Waals surface area contributed by atoms with Gasteiger partial charge in [-0.25, -0.2) is 0 Å². The molecule has 1 amide bonds. The van der Waals surface area contributed by atoms with Crippen LogP contribution in [-0.2, 0) is 9.59 Å². The number of carbonyl (C=O) groups is 2. The van der Waals surface area contributed by atoms with Gasteiger partial charge in [-0.1, -0.05) is 0 Å². The van der Waals surface area contributed by atoms with Gasteiger partial charge in [0, 0.05) is 0 Å². The van der Waals surface area contributed by atoms with E-state index in [0.29, 0.717) is 0 Å². The summed E-state index contributed by atoms with van der Waals surface area (Å²) in [5, 5.41) is 15.0. The third-order valence-electron chi connectivity index (χ3n) is 4.05. The van der Waals surface area contributed by atoms with Crippen LogP contribution in [0.2, 0.25) is 0 Å². The highest BCUT2D eigenvalue weighted by molar-refractivity contribution is 5.87. The van der Waals surface area contributed by atoms with Crippen LogP contribution in [0.4, 0.5) is 0 Å². The summed E-state index contributed by atoms with van der Waals surface area (Å²) in [5.74, 6) is -0.884. The highest BCUT2D eigenvalue weighted by atomic mass is 16.4. The van der Waals surface area contributed by atoms with Crippen molar-refractivity contribution in [2.45, 2.75) is 56.5 Å². The monoisotopic (exact) mass is 240 g/mol. The van der Waals surface area contributed by atoms with Crippen LogP contribution in [0, 0.1) is 0 Å². The number of hydrogen-bond acceptors (Lipinski definition) is 3. The van der Waals surface area contributed by atoms with Gasteiger partial charge in [-0.2, -0.15) is 0 Å². The SMILES string of the molecule is CC1(C(=O)NC2(CC(=O)O)CCC2)CCCN1. The fraction of sp³-hybridized carbons (Fsp3) is 0.833. The smallest absolute Gasteiger partial charge is 0.305 e. The molecule has 1 unspecified atom stereocenters. The van der Waals surface area contributed by atoms with Gasteiger partial charge in [-0.05, 0) is 45.6 Å². The second-order valence-corrected chi connectivity index (χ2v) is 5.52. The fourth-order valence-corrected chi connectivity index (χ4v) is 2.71. The molecule has 2 rings (SSSR count). The summed E-state index contributed by atoms with van der Waals surface area (Å²) >= 11 is 0. The van der Waals surface area contributed by atoms with Gasteiger partial charge in [0.25, 0.3) is 0 Å².